The minimum atomic E-state index is -1.98. The minimum absolute atomic E-state index is 0.00352. The van der Waals surface area contributed by atoms with Crippen LogP contribution in [0.25, 0.3) is 0 Å². The summed E-state index contributed by atoms with van der Waals surface area (Å²) in [7, 11) is -1.98. The Kier molecular flexibility index (Phi) is 2.19. The van der Waals surface area contributed by atoms with Gasteiger partial charge in [0, 0.05) is 0 Å². The van der Waals surface area contributed by atoms with E-state index in [0.717, 1.165) is 11.6 Å². The van der Waals surface area contributed by atoms with Crippen LogP contribution in [0.2, 0.25) is 19.1 Å². The van der Waals surface area contributed by atoms with Crippen LogP contribution in [0, 0.1) is 0 Å². The second kappa shape index (κ2) is 3.24. The molecule has 76 valence electrons. The van der Waals surface area contributed by atoms with E-state index in [-0.39, 0.29) is 11.9 Å². The van der Waals surface area contributed by atoms with Crippen LogP contribution in [0.4, 0.5) is 0 Å². The Hall–Kier alpha value is -1.09. The molecule has 2 nitrogen and oxygen atoms in total. The molecule has 1 atom stereocenters. The molecule has 0 bridgehead atoms. The van der Waals surface area contributed by atoms with Crippen LogP contribution in [0.3, 0.4) is 0 Å². The van der Waals surface area contributed by atoms with Gasteiger partial charge in [-0.05, 0) is 0 Å². The summed E-state index contributed by atoms with van der Waals surface area (Å²) in [4.78, 5) is 11.6. The first-order valence-electron chi connectivity index (χ1n) is 5.10. The van der Waals surface area contributed by atoms with Crippen LogP contribution in [-0.4, -0.2) is 14.3 Å². The average molecular weight is 207 g/mol. The van der Waals surface area contributed by atoms with Crippen LogP contribution < -0.4 is 0 Å². The van der Waals surface area contributed by atoms with Gasteiger partial charge in [0.05, 0.1) is 0 Å². The summed E-state index contributed by atoms with van der Waals surface area (Å²) in [6.45, 7) is 4.24. The molecule has 14 heavy (non-hydrogen) atoms. The first-order valence-corrected chi connectivity index (χ1v) is 8.70. The standard InChI is InChI=1S/C11H15O2Si/c1-14(2)8-10(11(12)13-14)9-6-4-3-5-7-9/h3-7,10,14H,8H2,1-2H3/q-1. The van der Waals surface area contributed by atoms with Gasteiger partial charge < -0.3 is 0 Å². The molecule has 0 aliphatic carbocycles. The van der Waals surface area contributed by atoms with Crippen molar-refractivity contribution in [2.24, 2.45) is 0 Å². The predicted octanol–water partition coefficient (Wildman–Crippen LogP) is 2.26. The average Bonchev–Trinajstić information content (AvgIpc) is 2.41. The molecule has 1 unspecified atom stereocenters. The van der Waals surface area contributed by atoms with E-state index in [1.165, 1.54) is 0 Å². The molecular weight excluding hydrogens is 192 g/mol. The first kappa shape index (κ1) is 9.46. The van der Waals surface area contributed by atoms with Gasteiger partial charge in [-0.3, -0.25) is 0 Å². The zero-order valence-corrected chi connectivity index (χ0v) is 9.72. The number of hydrogen-bond acceptors (Lipinski definition) is 2. The van der Waals surface area contributed by atoms with Crippen LogP contribution in [0.5, 0.6) is 0 Å². The van der Waals surface area contributed by atoms with E-state index in [0.29, 0.717) is 0 Å². The van der Waals surface area contributed by atoms with Crippen molar-refractivity contribution < 1.29 is 9.22 Å². The van der Waals surface area contributed by atoms with Gasteiger partial charge in [-0.15, -0.1) is 0 Å². The molecule has 1 aliphatic heterocycles. The van der Waals surface area contributed by atoms with Crippen molar-refractivity contribution in [2.45, 2.75) is 25.1 Å². The molecule has 0 N–H and O–H groups in total. The van der Waals surface area contributed by atoms with Gasteiger partial charge in [0.15, 0.2) is 0 Å². The third-order valence-corrected chi connectivity index (χ3v) is 5.20. The van der Waals surface area contributed by atoms with Gasteiger partial charge in [-0.25, -0.2) is 0 Å². The fraction of sp³-hybridized carbons (Fsp3) is 0.364. The zero-order valence-electron chi connectivity index (χ0n) is 8.57. The van der Waals surface area contributed by atoms with E-state index in [2.05, 4.69) is 13.1 Å². The summed E-state index contributed by atoms with van der Waals surface area (Å²) < 4.78 is 5.44. The van der Waals surface area contributed by atoms with Crippen molar-refractivity contribution in [1.29, 1.82) is 0 Å². The Balaban J connectivity index is 2.26. The third-order valence-electron chi connectivity index (χ3n) is 2.72. The van der Waals surface area contributed by atoms with Gasteiger partial charge in [-0.1, -0.05) is 0 Å². The number of carbonyl (C=O) groups excluding carboxylic acids is 1. The Morgan fingerprint density at radius 2 is 1.93 bits per heavy atom. The van der Waals surface area contributed by atoms with Crippen molar-refractivity contribution in [1.82, 2.24) is 0 Å². The van der Waals surface area contributed by atoms with Crippen LogP contribution >= 0.6 is 0 Å². The first-order chi connectivity index (χ1) is 6.58. The van der Waals surface area contributed by atoms with Crippen molar-refractivity contribution in [3.8, 4) is 0 Å². The predicted molar refractivity (Wildman–Crippen MR) is 59.0 cm³/mol. The van der Waals surface area contributed by atoms with Crippen molar-refractivity contribution in [3.05, 3.63) is 35.9 Å². The molecule has 2 rings (SSSR count). The van der Waals surface area contributed by atoms with Crippen LogP contribution in [-0.2, 0) is 9.22 Å². The molecule has 0 spiro atoms. The number of hydrogen-bond donors (Lipinski definition) is 0. The van der Waals surface area contributed by atoms with E-state index in [4.69, 9.17) is 4.43 Å². The maximum atomic E-state index is 11.6. The van der Waals surface area contributed by atoms with E-state index in [1.54, 1.807) is 0 Å². The van der Waals surface area contributed by atoms with E-state index >= 15 is 0 Å². The normalized spacial score (nSPS) is 27.0. The van der Waals surface area contributed by atoms with Crippen molar-refractivity contribution in [3.63, 3.8) is 0 Å². The summed E-state index contributed by atoms with van der Waals surface area (Å²) in [6, 6.07) is 10.9. The quantitative estimate of drug-likeness (QED) is 0.660. The molecule has 1 aromatic rings. The molecule has 1 aliphatic rings. The molecule has 0 amide bonds. The number of carbonyl (C=O) groups is 1. The Morgan fingerprint density at radius 1 is 1.29 bits per heavy atom. The Labute approximate surface area is 85.0 Å². The van der Waals surface area contributed by atoms with Crippen molar-refractivity contribution >= 4 is 14.3 Å². The van der Waals surface area contributed by atoms with Gasteiger partial charge in [0.2, 0.25) is 0 Å². The topological polar surface area (TPSA) is 26.3 Å². The molecule has 3 heteroatoms. The summed E-state index contributed by atoms with van der Waals surface area (Å²) in [5, 5.41) is 0. The number of benzene rings is 1. The monoisotopic (exact) mass is 207 g/mol. The Morgan fingerprint density at radius 3 is 2.43 bits per heavy atom. The second-order valence-electron chi connectivity index (χ2n) is 4.67. The fourth-order valence-electron chi connectivity index (χ4n) is 2.07. The Bertz CT molecular complexity index is 346. The fourth-order valence-corrected chi connectivity index (χ4v) is 4.56. The van der Waals surface area contributed by atoms with Gasteiger partial charge in [0.1, 0.15) is 0 Å². The molecule has 1 heterocycles. The summed E-state index contributed by atoms with van der Waals surface area (Å²) >= 11 is 0. The summed E-state index contributed by atoms with van der Waals surface area (Å²) in [6.07, 6.45) is 0. The molecule has 0 aromatic heterocycles. The van der Waals surface area contributed by atoms with E-state index in [9.17, 15) is 4.79 Å². The molecule has 0 radical (unpaired) electrons. The summed E-state index contributed by atoms with van der Waals surface area (Å²) in [5.74, 6) is -0.0256. The molecule has 0 saturated carbocycles. The second-order valence-corrected chi connectivity index (χ2v) is 9.44. The molecular formula is C11H15O2Si-. The summed E-state index contributed by atoms with van der Waals surface area (Å²) in [5.41, 5.74) is 1.10. The maximum absolute atomic E-state index is 11.6. The SMILES string of the molecule is C[SiH-]1(C)CC(c2ccccc2)C(=O)O1. The number of rotatable bonds is 1. The van der Waals surface area contributed by atoms with Gasteiger partial charge >= 0.3 is 84.5 Å². The third kappa shape index (κ3) is 1.73. The van der Waals surface area contributed by atoms with Gasteiger partial charge in [-0.2, -0.15) is 0 Å². The van der Waals surface area contributed by atoms with Gasteiger partial charge in [0.25, 0.3) is 0 Å². The van der Waals surface area contributed by atoms with E-state index < -0.39 is 8.32 Å². The molecule has 1 aromatic carbocycles. The van der Waals surface area contributed by atoms with Crippen molar-refractivity contribution in [2.75, 3.05) is 0 Å². The van der Waals surface area contributed by atoms with Crippen LogP contribution in [0.1, 0.15) is 11.5 Å². The molecule has 1 fully saturated rings. The van der Waals surface area contributed by atoms with Crippen LogP contribution in [0.15, 0.2) is 30.3 Å². The molecule has 1 saturated heterocycles. The van der Waals surface area contributed by atoms with E-state index in [1.807, 2.05) is 30.3 Å². The zero-order chi connectivity index (χ0) is 10.2.